The number of carbonyl (C=O) groups is 1. The molecule has 2 fully saturated rings. The molecular formula is C20H28N4O. The molecule has 1 amide bonds. The molecule has 5 nitrogen and oxygen atoms in total. The van der Waals surface area contributed by atoms with Gasteiger partial charge in [-0.15, -0.1) is 6.42 Å². The maximum atomic E-state index is 12.8. The summed E-state index contributed by atoms with van der Waals surface area (Å²) in [7, 11) is 0. The SMILES string of the molecule is C#CCN1CCC(C(=O)N2CCN([C@@H](C)c3ccccn3)CC2)CC1. The van der Waals surface area contributed by atoms with Gasteiger partial charge in [-0.3, -0.25) is 19.6 Å². The molecule has 0 unspecified atom stereocenters. The van der Waals surface area contributed by atoms with Gasteiger partial charge in [0.05, 0.1) is 12.2 Å². The van der Waals surface area contributed by atoms with Crippen molar-refractivity contribution in [1.82, 2.24) is 19.7 Å². The zero-order valence-electron chi connectivity index (χ0n) is 15.1. The molecule has 3 rings (SSSR count). The third kappa shape index (κ3) is 4.39. The van der Waals surface area contributed by atoms with Gasteiger partial charge in [0, 0.05) is 44.3 Å². The topological polar surface area (TPSA) is 39.7 Å². The average molecular weight is 340 g/mol. The van der Waals surface area contributed by atoms with Gasteiger partial charge in [0.1, 0.15) is 0 Å². The molecule has 2 aliphatic rings. The van der Waals surface area contributed by atoms with Crippen LogP contribution < -0.4 is 0 Å². The zero-order chi connectivity index (χ0) is 17.6. The summed E-state index contributed by atoms with van der Waals surface area (Å²) in [6.45, 7) is 8.25. The van der Waals surface area contributed by atoms with Crippen LogP contribution in [0.15, 0.2) is 24.4 Å². The first-order valence-corrected chi connectivity index (χ1v) is 9.28. The minimum Gasteiger partial charge on any atom is -0.340 e. The van der Waals surface area contributed by atoms with Crippen molar-refractivity contribution in [3.63, 3.8) is 0 Å². The number of carbonyl (C=O) groups excluding carboxylic acids is 1. The van der Waals surface area contributed by atoms with Crippen molar-refractivity contribution in [3.8, 4) is 12.3 Å². The zero-order valence-corrected chi connectivity index (χ0v) is 15.1. The van der Waals surface area contributed by atoms with E-state index < -0.39 is 0 Å². The minimum absolute atomic E-state index is 0.175. The summed E-state index contributed by atoms with van der Waals surface area (Å²) in [5.74, 6) is 3.21. The van der Waals surface area contributed by atoms with E-state index in [1.165, 1.54) is 0 Å². The first-order chi connectivity index (χ1) is 12.2. The number of pyridine rings is 1. The Morgan fingerprint density at radius 2 is 1.96 bits per heavy atom. The van der Waals surface area contributed by atoms with E-state index in [1.807, 2.05) is 18.3 Å². The third-order valence-electron chi connectivity index (χ3n) is 5.54. The molecule has 1 aromatic heterocycles. The molecule has 3 heterocycles. The van der Waals surface area contributed by atoms with E-state index in [-0.39, 0.29) is 5.92 Å². The van der Waals surface area contributed by atoms with Crippen molar-refractivity contribution in [2.45, 2.75) is 25.8 Å². The molecule has 2 saturated heterocycles. The van der Waals surface area contributed by atoms with Crippen LogP contribution in [-0.2, 0) is 4.79 Å². The van der Waals surface area contributed by atoms with E-state index >= 15 is 0 Å². The molecule has 0 aliphatic carbocycles. The first-order valence-electron chi connectivity index (χ1n) is 9.28. The van der Waals surface area contributed by atoms with E-state index in [0.717, 1.165) is 57.8 Å². The van der Waals surface area contributed by atoms with Crippen molar-refractivity contribution >= 4 is 5.91 Å². The summed E-state index contributed by atoms with van der Waals surface area (Å²) in [6.07, 6.45) is 9.09. The molecule has 0 radical (unpaired) electrons. The van der Waals surface area contributed by atoms with E-state index in [9.17, 15) is 4.79 Å². The highest BCUT2D eigenvalue weighted by molar-refractivity contribution is 5.79. The molecule has 1 aromatic rings. The Bertz CT molecular complexity index is 596. The van der Waals surface area contributed by atoms with Gasteiger partial charge in [0.15, 0.2) is 0 Å². The van der Waals surface area contributed by atoms with Gasteiger partial charge in [-0.1, -0.05) is 12.0 Å². The predicted molar refractivity (Wildman–Crippen MR) is 98.8 cm³/mol. The number of hydrogen-bond acceptors (Lipinski definition) is 4. The Hall–Kier alpha value is -1.90. The molecule has 134 valence electrons. The Balaban J connectivity index is 1.47. The van der Waals surface area contributed by atoms with Gasteiger partial charge in [-0.05, 0) is 45.0 Å². The summed E-state index contributed by atoms with van der Waals surface area (Å²) >= 11 is 0. The molecule has 0 N–H and O–H groups in total. The van der Waals surface area contributed by atoms with Crippen LogP contribution in [-0.4, -0.2) is 71.4 Å². The summed E-state index contributed by atoms with van der Waals surface area (Å²) in [5, 5.41) is 0. The second kappa shape index (κ2) is 8.46. The van der Waals surface area contributed by atoms with E-state index in [1.54, 1.807) is 0 Å². The normalized spacial score (nSPS) is 21.7. The van der Waals surface area contributed by atoms with Crippen LogP contribution in [0.1, 0.15) is 31.5 Å². The van der Waals surface area contributed by atoms with Crippen molar-refractivity contribution in [3.05, 3.63) is 30.1 Å². The van der Waals surface area contributed by atoms with E-state index in [2.05, 4.69) is 38.6 Å². The fourth-order valence-corrected chi connectivity index (χ4v) is 3.87. The second-order valence-electron chi connectivity index (χ2n) is 7.05. The van der Waals surface area contributed by atoms with Crippen LogP contribution in [0.5, 0.6) is 0 Å². The number of aromatic nitrogens is 1. The van der Waals surface area contributed by atoms with Gasteiger partial charge in [0.2, 0.25) is 5.91 Å². The van der Waals surface area contributed by atoms with Gasteiger partial charge in [-0.25, -0.2) is 0 Å². The molecule has 1 atom stereocenters. The number of piperazine rings is 1. The Labute approximate surface area is 151 Å². The van der Waals surface area contributed by atoms with Crippen molar-refractivity contribution in [2.24, 2.45) is 5.92 Å². The molecule has 0 bridgehead atoms. The standard InChI is InChI=1S/C20H28N4O/c1-3-10-22-11-7-18(8-12-22)20(25)24-15-13-23(14-16-24)17(2)19-6-4-5-9-21-19/h1,4-6,9,17-18H,7-8,10-16H2,2H3/t17-/m0/s1. The lowest BCUT2D eigenvalue weighted by molar-refractivity contribution is -0.139. The van der Waals surface area contributed by atoms with Crippen LogP contribution in [0, 0.1) is 18.3 Å². The quantitative estimate of drug-likeness (QED) is 0.781. The van der Waals surface area contributed by atoms with Crippen LogP contribution >= 0.6 is 0 Å². The molecule has 0 saturated carbocycles. The van der Waals surface area contributed by atoms with Crippen LogP contribution in [0.3, 0.4) is 0 Å². The fraction of sp³-hybridized carbons (Fsp3) is 0.600. The molecule has 0 spiro atoms. The number of piperidine rings is 1. The molecule has 2 aliphatic heterocycles. The lowest BCUT2D eigenvalue weighted by atomic mass is 9.95. The number of nitrogens with zero attached hydrogens (tertiary/aromatic N) is 4. The first kappa shape index (κ1) is 17.9. The fourth-order valence-electron chi connectivity index (χ4n) is 3.87. The van der Waals surface area contributed by atoms with E-state index in [0.29, 0.717) is 18.5 Å². The van der Waals surface area contributed by atoms with Crippen LogP contribution in [0.4, 0.5) is 0 Å². The van der Waals surface area contributed by atoms with E-state index in [4.69, 9.17) is 6.42 Å². The minimum atomic E-state index is 0.175. The Kier molecular flexibility index (Phi) is 6.06. The molecular weight excluding hydrogens is 312 g/mol. The maximum absolute atomic E-state index is 12.8. The number of terminal acetylenes is 1. The summed E-state index contributed by atoms with van der Waals surface area (Å²) in [6, 6.07) is 6.35. The number of likely N-dealkylation sites (tertiary alicyclic amines) is 1. The molecule has 25 heavy (non-hydrogen) atoms. The third-order valence-corrected chi connectivity index (χ3v) is 5.54. The molecule has 5 heteroatoms. The highest BCUT2D eigenvalue weighted by atomic mass is 16.2. The van der Waals surface area contributed by atoms with Crippen molar-refractivity contribution in [1.29, 1.82) is 0 Å². The van der Waals surface area contributed by atoms with Crippen LogP contribution in [0.2, 0.25) is 0 Å². The van der Waals surface area contributed by atoms with Gasteiger partial charge < -0.3 is 4.90 Å². The lowest BCUT2D eigenvalue weighted by Crippen LogP contribution is -2.52. The summed E-state index contributed by atoms with van der Waals surface area (Å²) in [5.41, 5.74) is 1.10. The lowest BCUT2D eigenvalue weighted by Gasteiger charge is -2.40. The molecule has 0 aromatic carbocycles. The van der Waals surface area contributed by atoms with Crippen LogP contribution in [0.25, 0.3) is 0 Å². The smallest absolute Gasteiger partial charge is 0.225 e. The highest BCUT2D eigenvalue weighted by Gasteiger charge is 2.31. The predicted octanol–water partition coefficient (Wildman–Crippen LogP) is 1.63. The van der Waals surface area contributed by atoms with Crippen molar-refractivity contribution in [2.75, 3.05) is 45.8 Å². The van der Waals surface area contributed by atoms with Gasteiger partial charge >= 0.3 is 0 Å². The second-order valence-corrected chi connectivity index (χ2v) is 7.05. The Morgan fingerprint density at radius 1 is 1.24 bits per heavy atom. The maximum Gasteiger partial charge on any atom is 0.225 e. The highest BCUT2D eigenvalue weighted by Crippen LogP contribution is 2.23. The number of hydrogen-bond donors (Lipinski definition) is 0. The average Bonchev–Trinajstić information content (AvgIpc) is 2.68. The summed E-state index contributed by atoms with van der Waals surface area (Å²) < 4.78 is 0. The van der Waals surface area contributed by atoms with Gasteiger partial charge in [0.25, 0.3) is 0 Å². The van der Waals surface area contributed by atoms with Gasteiger partial charge in [-0.2, -0.15) is 0 Å². The number of amides is 1. The summed E-state index contributed by atoms with van der Waals surface area (Å²) in [4.78, 5) is 24.0. The van der Waals surface area contributed by atoms with Crippen molar-refractivity contribution < 1.29 is 4.79 Å². The largest absolute Gasteiger partial charge is 0.340 e. The number of rotatable bonds is 4. The monoisotopic (exact) mass is 340 g/mol. The Morgan fingerprint density at radius 3 is 2.56 bits per heavy atom.